The second-order valence-corrected chi connectivity index (χ2v) is 9.79. The van der Waals surface area contributed by atoms with E-state index in [4.69, 9.17) is 18.9 Å². The van der Waals surface area contributed by atoms with Crippen LogP contribution in [0.15, 0.2) is 42.5 Å². The minimum atomic E-state index is -0.638. The number of aliphatic hydroxyl groups is 1. The van der Waals surface area contributed by atoms with E-state index in [2.05, 4.69) is 15.1 Å². The fourth-order valence-corrected chi connectivity index (χ4v) is 4.01. The van der Waals surface area contributed by atoms with Crippen LogP contribution in [-0.4, -0.2) is 92.6 Å². The van der Waals surface area contributed by atoms with Crippen LogP contribution in [0, 0.1) is 0 Å². The third-order valence-corrected chi connectivity index (χ3v) is 5.69. The maximum atomic E-state index is 12.7. The van der Waals surface area contributed by atoms with Gasteiger partial charge in [-0.15, -0.1) is 0 Å². The van der Waals surface area contributed by atoms with Crippen LogP contribution in [-0.2, 0) is 4.79 Å². The third-order valence-electron chi connectivity index (χ3n) is 5.69. The summed E-state index contributed by atoms with van der Waals surface area (Å²) in [4.78, 5) is 16.9. The van der Waals surface area contributed by atoms with Crippen molar-refractivity contribution in [1.82, 2.24) is 9.80 Å². The number of β-amino-alcohol motifs (C(OH)–C–C–N with tert-alkyl or cyclic N) is 1. The molecule has 9 heteroatoms. The number of nitrogens with one attached hydrogen (secondary N) is 1. The van der Waals surface area contributed by atoms with Crippen LogP contribution in [0.2, 0.25) is 0 Å². The van der Waals surface area contributed by atoms with Crippen LogP contribution in [0.5, 0.6) is 23.0 Å². The number of carbonyl (C=O) groups is 1. The molecule has 1 fully saturated rings. The monoisotopic (exact) mass is 501 g/mol. The van der Waals surface area contributed by atoms with Gasteiger partial charge in [0.25, 0.3) is 0 Å². The van der Waals surface area contributed by atoms with E-state index in [1.54, 1.807) is 26.4 Å². The van der Waals surface area contributed by atoms with Crippen molar-refractivity contribution in [2.45, 2.75) is 32.5 Å². The zero-order valence-corrected chi connectivity index (χ0v) is 22.0. The highest BCUT2D eigenvalue weighted by molar-refractivity contribution is 5.95. The number of amides is 1. The van der Waals surface area contributed by atoms with Gasteiger partial charge in [0.2, 0.25) is 5.91 Å². The number of para-hydroxylation sites is 3. The average molecular weight is 502 g/mol. The fraction of sp³-hybridized carbons (Fsp3) is 0.519. The van der Waals surface area contributed by atoms with Crippen molar-refractivity contribution < 1.29 is 28.8 Å². The van der Waals surface area contributed by atoms with E-state index >= 15 is 0 Å². The lowest BCUT2D eigenvalue weighted by atomic mass is 10.2. The molecule has 1 saturated heterocycles. The highest BCUT2D eigenvalue weighted by Crippen LogP contribution is 2.34. The summed E-state index contributed by atoms with van der Waals surface area (Å²) in [6.07, 6.45) is -0.638. The van der Waals surface area contributed by atoms with E-state index in [1.165, 1.54) is 0 Å². The number of hydrogen-bond acceptors (Lipinski definition) is 8. The zero-order valence-electron chi connectivity index (χ0n) is 22.0. The van der Waals surface area contributed by atoms with Crippen molar-refractivity contribution in [2.75, 3.05) is 65.4 Å². The second kappa shape index (κ2) is 12.8. The third kappa shape index (κ3) is 8.29. The molecule has 0 unspecified atom stereocenters. The molecule has 9 nitrogen and oxygen atoms in total. The normalized spacial score (nSPS) is 15.7. The van der Waals surface area contributed by atoms with E-state index < -0.39 is 6.10 Å². The zero-order chi connectivity index (χ0) is 26.1. The van der Waals surface area contributed by atoms with Crippen molar-refractivity contribution >= 4 is 11.6 Å². The number of rotatable bonds is 11. The summed E-state index contributed by atoms with van der Waals surface area (Å²) in [5, 5.41) is 13.5. The molecule has 2 aromatic carbocycles. The maximum Gasteiger partial charge on any atom is 0.238 e. The van der Waals surface area contributed by atoms with E-state index in [9.17, 15) is 9.90 Å². The maximum absolute atomic E-state index is 12.7. The number of nitrogens with zero attached hydrogens (tertiary/aromatic N) is 2. The smallest absolute Gasteiger partial charge is 0.238 e. The summed E-state index contributed by atoms with van der Waals surface area (Å²) < 4.78 is 22.5. The van der Waals surface area contributed by atoms with E-state index in [-0.39, 0.29) is 24.7 Å². The summed E-state index contributed by atoms with van der Waals surface area (Å²) in [5.74, 6) is 2.26. The molecule has 1 aliphatic rings. The van der Waals surface area contributed by atoms with Crippen molar-refractivity contribution in [2.24, 2.45) is 0 Å². The van der Waals surface area contributed by atoms with Crippen LogP contribution in [0.1, 0.15) is 20.8 Å². The van der Waals surface area contributed by atoms with Crippen molar-refractivity contribution in [3.63, 3.8) is 0 Å². The lowest BCUT2D eigenvalue weighted by Gasteiger charge is -2.35. The van der Waals surface area contributed by atoms with Gasteiger partial charge in [0.15, 0.2) is 11.5 Å². The van der Waals surface area contributed by atoms with E-state index in [0.29, 0.717) is 35.2 Å². The number of aliphatic hydroxyl groups excluding tert-OH is 1. The minimum Gasteiger partial charge on any atom is -0.494 e. The molecule has 0 aliphatic carbocycles. The standard InChI is InChI=1S/C27H39N3O6/c1-27(2,3)36-22-10-7-6-9-21(22)35-19-20(31)17-29-13-15-30(16-14-29)18-25(32)28-26-23(33-4)11-8-12-24(26)34-5/h6-12,20,31H,13-19H2,1-5H3,(H,28,32)/t20-/m1/s1. The Kier molecular flexibility index (Phi) is 9.81. The Balaban J connectivity index is 1.42. The average Bonchev–Trinajstić information content (AvgIpc) is 2.84. The Morgan fingerprint density at radius 3 is 2.06 bits per heavy atom. The Morgan fingerprint density at radius 1 is 0.917 bits per heavy atom. The quantitative estimate of drug-likeness (QED) is 0.486. The van der Waals surface area contributed by atoms with Crippen molar-refractivity contribution in [3.8, 4) is 23.0 Å². The highest BCUT2D eigenvalue weighted by atomic mass is 16.5. The molecule has 0 aromatic heterocycles. The van der Waals surface area contributed by atoms with Crippen LogP contribution in [0.4, 0.5) is 5.69 Å². The molecule has 36 heavy (non-hydrogen) atoms. The molecule has 0 saturated carbocycles. The predicted molar refractivity (Wildman–Crippen MR) is 139 cm³/mol. The van der Waals surface area contributed by atoms with Gasteiger partial charge in [-0.1, -0.05) is 18.2 Å². The van der Waals surface area contributed by atoms with Crippen LogP contribution in [0.25, 0.3) is 0 Å². The first kappa shape index (κ1) is 27.6. The molecule has 1 heterocycles. The lowest BCUT2D eigenvalue weighted by molar-refractivity contribution is -0.117. The number of benzene rings is 2. The number of ether oxygens (including phenoxy) is 4. The van der Waals surface area contributed by atoms with Gasteiger partial charge in [-0.05, 0) is 45.0 Å². The number of carbonyl (C=O) groups excluding carboxylic acids is 1. The summed E-state index contributed by atoms with van der Waals surface area (Å²) in [7, 11) is 3.11. The molecule has 1 atom stereocenters. The summed E-state index contributed by atoms with van der Waals surface area (Å²) in [6.45, 7) is 9.86. The summed E-state index contributed by atoms with van der Waals surface area (Å²) >= 11 is 0. The molecule has 0 bridgehead atoms. The Morgan fingerprint density at radius 2 is 1.47 bits per heavy atom. The number of anilines is 1. The second-order valence-electron chi connectivity index (χ2n) is 9.79. The van der Waals surface area contributed by atoms with Gasteiger partial charge in [0.1, 0.15) is 35.5 Å². The molecule has 2 aromatic rings. The highest BCUT2D eigenvalue weighted by Gasteiger charge is 2.23. The SMILES string of the molecule is COc1cccc(OC)c1NC(=O)CN1CCN(C[C@@H](O)COc2ccccc2OC(C)(C)C)CC1. The number of hydrogen-bond donors (Lipinski definition) is 2. The Hall–Kier alpha value is -3.01. The summed E-state index contributed by atoms with van der Waals surface area (Å²) in [6, 6.07) is 12.9. The van der Waals surface area contributed by atoms with Gasteiger partial charge >= 0.3 is 0 Å². The van der Waals surface area contributed by atoms with Crippen molar-refractivity contribution in [3.05, 3.63) is 42.5 Å². The molecule has 0 radical (unpaired) electrons. The molecule has 1 aliphatic heterocycles. The van der Waals surface area contributed by atoms with E-state index in [0.717, 1.165) is 26.2 Å². The first-order valence-electron chi connectivity index (χ1n) is 12.2. The molecule has 0 spiro atoms. The van der Waals surface area contributed by atoms with Gasteiger partial charge in [-0.25, -0.2) is 0 Å². The first-order chi connectivity index (χ1) is 17.2. The molecular weight excluding hydrogens is 462 g/mol. The number of methoxy groups -OCH3 is 2. The fourth-order valence-electron chi connectivity index (χ4n) is 4.01. The van der Waals surface area contributed by atoms with Crippen LogP contribution >= 0.6 is 0 Å². The van der Waals surface area contributed by atoms with Gasteiger partial charge in [-0.3, -0.25) is 14.6 Å². The Bertz CT molecular complexity index is 963. The first-order valence-corrected chi connectivity index (χ1v) is 12.2. The summed E-state index contributed by atoms with van der Waals surface area (Å²) in [5.41, 5.74) is 0.192. The van der Waals surface area contributed by atoms with Gasteiger partial charge < -0.3 is 29.4 Å². The largest absolute Gasteiger partial charge is 0.494 e. The van der Waals surface area contributed by atoms with E-state index in [1.807, 2.05) is 51.1 Å². The molecule has 3 rings (SSSR count). The number of piperazine rings is 1. The van der Waals surface area contributed by atoms with Gasteiger partial charge in [0, 0.05) is 32.7 Å². The molecule has 198 valence electrons. The van der Waals surface area contributed by atoms with Gasteiger partial charge in [0.05, 0.1) is 20.8 Å². The molecule has 2 N–H and O–H groups in total. The van der Waals surface area contributed by atoms with Crippen LogP contribution in [0.3, 0.4) is 0 Å². The lowest BCUT2D eigenvalue weighted by Crippen LogP contribution is -2.50. The Labute approximate surface area is 213 Å². The topological polar surface area (TPSA) is 92.7 Å². The van der Waals surface area contributed by atoms with Crippen LogP contribution < -0.4 is 24.3 Å². The minimum absolute atomic E-state index is 0.129. The predicted octanol–water partition coefficient (Wildman–Crippen LogP) is 2.88. The molecular formula is C27H39N3O6. The molecule has 1 amide bonds. The van der Waals surface area contributed by atoms with Crippen molar-refractivity contribution in [1.29, 1.82) is 0 Å². The van der Waals surface area contributed by atoms with Gasteiger partial charge in [-0.2, -0.15) is 0 Å².